The summed E-state index contributed by atoms with van der Waals surface area (Å²) in [7, 11) is 1.43. The molecule has 0 heterocycles. The average molecular weight is 380 g/mol. The van der Waals surface area contributed by atoms with Crippen LogP contribution < -0.4 is 0 Å². The average Bonchev–Trinajstić information content (AvgIpc) is 2.70. The number of allylic oxidation sites excluding steroid dienone is 4. The molecule has 0 aromatic rings. The summed E-state index contributed by atoms with van der Waals surface area (Å²) in [5.74, 6) is -1.94. The first-order valence-electron chi connectivity index (χ1n) is 8.53. The van der Waals surface area contributed by atoms with Crippen LogP contribution in [0.4, 0.5) is 0 Å². The summed E-state index contributed by atoms with van der Waals surface area (Å²) in [6, 6.07) is 0. The number of methoxy groups -OCH3 is 1. The summed E-state index contributed by atoms with van der Waals surface area (Å²) in [6.45, 7) is 16.4. The number of carboxylic acids is 1. The highest BCUT2D eigenvalue weighted by molar-refractivity contribution is 5.81. The third-order valence-electron chi connectivity index (χ3n) is 3.50. The molecule has 6 heteroatoms. The number of carbonyl (C=O) groups excluding carboxylic acids is 1. The molecule has 0 aromatic heterocycles. The highest BCUT2D eigenvalue weighted by Gasteiger charge is 2.29. The van der Waals surface area contributed by atoms with Crippen molar-refractivity contribution in [3.8, 4) is 0 Å². The Kier molecular flexibility index (Phi) is 18.2. The molecule has 6 nitrogen and oxygen atoms in total. The number of hydrogen-bond acceptors (Lipinski definition) is 5. The Hall–Kier alpha value is -2.44. The lowest BCUT2D eigenvalue weighted by Crippen LogP contribution is -2.32. The number of aliphatic carboxylic acids is 1. The van der Waals surface area contributed by atoms with E-state index in [0.29, 0.717) is 12.8 Å². The molecule has 0 bridgehead atoms. The quantitative estimate of drug-likeness (QED) is 0.268. The van der Waals surface area contributed by atoms with E-state index in [-0.39, 0.29) is 19.1 Å². The monoisotopic (exact) mass is 380 g/mol. The normalized spacial score (nSPS) is 18.4. The zero-order valence-electron chi connectivity index (χ0n) is 16.2. The van der Waals surface area contributed by atoms with Crippen LogP contribution in [0.25, 0.3) is 0 Å². The maximum atomic E-state index is 11.1. The second kappa shape index (κ2) is 18.4. The predicted molar refractivity (Wildman–Crippen MR) is 107 cm³/mol. The molecule has 1 aliphatic rings. The van der Waals surface area contributed by atoms with Crippen LogP contribution in [-0.4, -0.2) is 43.7 Å². The molecule has 0 aromatic carbocycles. The Bertz CT molecular complexity index is 477. The summed E-state index contributed by atoms with van der Waals surface area (Å²) < 4.78 is 15.3. The van der Waals surface area contributed by atoms with Gasteiger partial charge in [-0.2, -0.15) is 0 Å². The molecule has 3 atom stereocenters. The van der Waals surface area contributed by atoms with Gasteiger partial charge in [0.25, 0.3) is 0 Å². The minimum atomic E-state index is -0.824. The highest BCUT2D eigenvalue weighted by atomic mass is 16.7. The molecule has 0 amide bonds. The molecule has 0 spiro atoms. The van der Waals surface area contributed by atoms with Gasteiger partial charge in [0.15, 0.2) is 6.29 Å². The molecular weight excluding hydrogens is 348 g/mol. The lowest BCUT2D eigenvalue weighted by Gasteiger charge is -2.26. The Morgan fingerprint density at radius 1 is 1.19 bits per heavy atom. The number of ether oxygens (including phenoxy) is 3. The van der Waals surface area contributed by atoms with Crippen molar-refractivity contribution >= 4 is 11.9 Å². The molecular formula is C21H32O6. The van der Waals surface area contributed by atoms with Gasteiger partial charge in [0.2, 0.25) is 0 Å². The van der Waals surface area contributed by atoms with E-state index >= 15 is 0 Å². The van der Waals surface area contributed by atoms with E-state index in [1.54, 1.807) is 0 Å². The van der Waals surface area contributed by atoms with Crippen molar-refractivity contribution in [1.29, 1.82) is 0 Å². The topological polar surface area (TPSA) is 82.1 Å². The Labute approximate surface area is 162 Å². The van der Waals surface area contributed by atoms with Crippen molar-refractivity contribution in [2.24, 2.45) is 11.8 Å². The summed E-state index contributed by atoms with van der Waals surface area (Å²) in [6.07, 6.45) is 9.87. The molecule has 1 N–H and O–H groups in total. The fraction of sp³-hybridized carbons (Fsp3) is 0.429. The molecule has 0 radical (unpaired) electrons. The molecule has 0 aliphatic heterocycles. The van der Waals surface area contributed by atoms with Crippen molar-refractivity contribution < 1.29 is 28.9 Å². The maximum absolute atomic E-state index is 11.1. The van der Waals surface area contributed by atoms with Crippen LogP contribution in [0.3, 0.4) is 0 Å². The van der Waals surface area contributed by atoms with Crippen molar-refractivity contribution in [2.75, 3.05) is 20.3 Å². The second-order valence-electron chi connectivity index (χ2n) is 5.29. The van der Waals surface area contributed by atoms with Crippen molar-refractivity contribution in [1.82, 2.24) is 0 Å². The molecule has 27 heavy (non-hydrogen) atoms. The van der Waals surface area contributed by atoms with E-state index in [0.717, 1.165) is 12.5 Å². The van der Waals surface area contributed by atoms with Crippen LogP contribution in [0, 0.1) is 11.8 Å². The third-order valence-corrected chi connectivity index (χ3v) is 3.50. The van der Waals surface area contributed by atoms with Gasteiger partial charge in [-0.15, -0.1) is 26.3 Å². The highest BCUT2D eigenvalue weighted by Crippen LogP contribution is 2.26. The number of rotatable bonds is 10. The number of esters is 1. The third kappa shape index (κ3) is 13.4. The number of hydrogen-bond donors (Lipinski definition) is 1. The molecule has 152 valence electrons. The van der Waals surface area contributed by atoms with Crippen molar-refractivity contribution in [3.63, 3.8) is 0 Å². The molecule has 3 unspecified atom stereocenters. The summed E-state index contributed by atoms with van der Waals surface area (Å²) in [5.41, 5.74) is 0. The first-order chi connectivity index (χ1) is 13.0. The van der Waals surface area contributed by atoms with E-state index in [2.05, 4.69) is 32.9 Å². The Morgan fingerprint density at radius 3 is 2.22 bits per heavy atom. The van der Waals surface area contributed by atoms with Crippen LogP contribution >= 0.6 is 0 Å². The molecule has 0 saturated heterocycles. The van der Waals surface area contributed by atoms with Gasteiger partial charge < -0.3 is 19.3 Å². The first-order valence-corrected chi connectivity index (χ1v) is 8.53. The van der Waals surface area contributed by atoms with Gasteiger partial charge in [-0.1, -0.05) is 30.9 Å². The van der Waals surface area contributed by atoms with Gasteiger partial charge in [-0.05, 0) is 25.2 Å². The smallest absolute Gasteiger partial charge is 0.330 e. The van der Waals surface area contributed by atoms with Gasteiger partial charge in [-0.25, -0.2) is 4.79 Å². The van der Waals surface area contributed by atoms with E-state index < -0.39 is 24.1 Å². The fourth-order valence-corrected chi connectivity index (χ4v) is 2.10. The summed E-state index contributed by atoms with van der Waals surface area (Å²) in [4.78, 5) is 22.1. The minimum Gasteiger partial charge on any atom is -0.481 e. The van der Waals surface area contributed by atoms with Gasteiger partial charge in [0.1, 0.15) is 6.61 Å². The molecule has 0 fully saturated rings. The van der Waals surface area contributed by atoms with Crippen LogP contribution in [0.1, 0.15) is 19.3 Å². The summed E-state index contributed by atoms with van der Waals surface area (Å²) >= 11 is 0. The fourth-order valence-electron chi connectivity index (χ4n) is 2.10. The van der Waals surface area contributed by atoms with E-state index in [1.807, 2.05) is 24.3 Å². The molecule has 1 aliphatic carbocycles. The second-order valence-corrected chi connectivity index (χ2v) is 5.29. The van der Waals surface area contributed by atoms with Crippen LogP contribution in [0.2, 0.25) is 0 Å². The zero-order valence-corrected chi connectivity index (χ0v) is 16.2. The zero-order chi connectivity index (χ0) is 21.1. The lowest BCUT2D eigenvalue weighted by atomic mass is 9.84. The van der Waals surface area contributed by atoms with Crippen molar-refractivity contribution in [2.45, 2.75) is 25.6 Å². The number of carboxylic acid groups (broad SMARTS) is 1. The molecule has 1 rings (SSSR count). The van der Waals surface area contributed by atoms with Gasteiger partial charge >= 0.3 is 11.9 Å². The summed E-state index contributed by atoms with van der Waals surface area (Å²) in [5, 5.41) is 9.14. The standard InChI is InChI=1S/C14H20O6.C5H8.C2H4/c1-3-12(15)19-9-13(18-2)20-8-10-6-4-5-7-11(10)14(16)17;1-3-5-4-2;1-2/h3-5,10-11,13H,1,6-9H2,2H3,(H,16,17);3-4H,1-2,5H2;1-2H2. The Balaban J connectivity index is 0. The van der Waals surface area contributed by atoms with Gasteiger partial charge in [0.05, 0.1) is 12.5 Å². The minimum absolute atomic E-state index is 0.0539. The van der Waals surface area contributed by atoms with Crippen LogP contribution in [-0.2, 0) is 23.8 Å². The van der Waals surface area contributed by atoms with E-state index in [1.165, 1.54) is 7.11 Å². The first kappa shape index (κ1) is 26.8. The van der Waals surface area contributed by atoms with Crippen LogP contribution in [0.15, 0.2) is 63.3 Å². The van der Waals surface area contributed by atoms with E-state index in [4.69, 9.17) is 19.3 Å². The van der Waals surface area contributed by atoms with E-state index in [9.17, 15) is 9.59 Å². The van der Waals surface area contributed by atoms with Gasteiger partial charge in [0, 0.05) is 13.2 Å². The maximum Gasteiger partial charge on any atom is 0.330 e. The SMILES string of the molecule is C=C.C=CC(=O)OCC(OC)OCC1CC=CCC1C(=O)O.C=CCC=C. The van der Waals surface area contributed by atoms with Gasteiger partial charge in [-0.3, -0.25) is 4.79 Å². The predicted octanol–water partition coefficient (Wildman–Crippen LogP) is 3.92. The van der Waals surface area contributed by atoms with Crippen LogP contribution in [0.5, 0.6) is 0 Å². The Morgan fingerprint density at radius 2 is 1.78 bits per heavy atom. The lowest BCUT2D eigenvalue weighted by molar-refractivity contribution is -0.177. The largest absolute Gasteiger partial charge is 0.481 e. The molecule has 0 saturated carbocycles. The van der Waals surface area contributed by atoms with Crippen molar-refractivity contribution in [3.05, 3.63) is 63.3 Å². The number of carbonyl (C=O) groups is 2.